The van der Waals surface area contributed by atoms with Crippen LogP contribution in [0.2, 0.25) is 0 Å². The van der Waals surface area contributed by atoms with Gasteiger partial charge in [-0.15, -0.1) is 0 Å². The van der Waals surface area contributed by atoms with E-state index in [2.05, 4.69) is 54.9 Å². The normalized spacial score (nSPS) is 10.8. The monoisotopic (exact) mass is 240 g/mol. The minimum Gasteiger partial charge on any atom is -0.0651 e. The first-order valence-corrected chi connectivity index (χ1v) is 5.72. The third-order valence-electron chi connectivity index (χ3n) is 2.19. The van der Waals surface area contributed by atoms with Crippen LogP contribution in [0.5, 0.6) is 0 Å². The summed E-state index contributed by atoms with van der Waals surface area (Å²) in [7, 11) is 0. The Labute approximate surface area is 89.5 Å². The summed E-state index contributed by atoms with van der Waals surface area (Å²) in [4.78, 5) is 0. The summed E-state index contributed by atoms with van der Waals surface area (Å²) in [6, 6.07) is 6.75. The van der Waals surface area contributed by atoms with Crippen molar-refractivity contribution in [2.75, 3.05) is 0 Å². The van der Waals surface area contributed by atoms with E-state index in [4.69, 9.17) is 0 Å². The topological polar surface area (TPSA) is 0 Å². The van der Waals surface area contributed by atoms with Gasteiger partial charge in [-0.05, 0) is 35.6 Å². The van der Waals surface area contributed by atoms with E-state index in [0.717, 1.165) is 0 Å². The molecule has 0 atom stereocenters. The van der Waals surface area contributed by atoms with E-state index in [0.29, 0.717) is 5.92 Å². The molecule has 0 saturated carbocycles. The molecule has 1 aromatic carbocycles. The number of hydrogen-bond acceptors (Lipinski definition) is 0. The van der Waals surface area contributed by atoms with Gasteiger partial charge in [-0.1, -0.05) is 49.2 Å². The first kappa shape index (κ1) is 10.8. The lowest BCUT2D eigenvalue weighted by molar-refractivity contribution is 0.852. The zero-order valence-corrected chi connectivity index (χ0v) is 10.2. The van der Waals surface area contributed by atoms with E-state index >= 15 is 0 Å². The Balaban J connectivity index is 2.96. The van der Waals surface area contributed by atoms with Crippen molar-refractivity contribution in [2.24, 2.45) is 0 Å². The largest absolute Gasteiger partial charge is 0.0651 e. The van der Waals surface area contributed by atoms with Crippen molar-refractivity contribution in [3.8, 4) is 0 Å². The van der Waals surface area contributed by atoms with E-state index in [1.165, 1.54) is 28.4 Å². The smallest absolute Gasteiger partial charge is 0.0180 e. The first-order valence-electron chi connectivity index (χ1n) is 4.93. The number of aryl methyl sites for hydroxylation is 1. The second-order valence-corrected chi connectivity index (χ2v) is 4.71. The van der Waals surface area contributed by atoms with E-state index < -0.39 is 0 Å². The van der Waals surface area contributed by atoms with Gasteiger partial charge < -0.3 is 0 Å². The molecule has 0 heterocycles. The summed E-state index contributed by atoms with van der Waals surface area (Å²) in [5.41, 5.74) is 2.87. The molecule has 0 bridgehead atoms. The average molecular weight is 241 g/mol. The van der Waals surface area contributed by atoms with Crippen molar-refractivity contribution in [3.05, 3.63) is 33.8 Å². The molecule has 1 heteroatoms. The fourth-order valence-electron chi connectivity index (χ4n) is 1.44. The van der Waals surface area contributed by atoms with Crippen LogP contribution in [0.3, 0.4) is 0 Å². The van der Waals surface area contributed by atoms with E-state index in [1.807, 2.05) is 0 Å². The zero-order chi connectivity index (χ0) is 9.84. The van der Waals surface area contributed by atoms with E-state index in [-0.39, 0.29) is 0 Å². The predicted octanol–water partition coefficient (Wildman–Crippen LogP) is 4.53. The number of halogens is 1. The minimum atomic E-state index is 0.619. The van der Waals surface area contributed by atoms with Gasteiger partial charge in [-0.25, -0.2) is 0 Å². The number of rotatable bonds is 3. The lowest BCUT2D eigenvalue weighted by Gasteiger charge is -2.08. The molecule has 0 aliphatic carbocycles. The van der Waals surface area contributed by atoms with Crippen molar-refractivity contribution in [3.63, 3.8) is 0 Å². The summed E-state index contributed by atoms with van der Waals surface area (Å²) in [5.74, 6) is 0.619. The molecule has 0 aromatic heterocycles. The van der Waals surface area contributed by atoms with Gasteiger partial charge in [-0.3, -0.25) is 0 Å². The van der Waals surface area contributed by atoms with Crippen LogP contribution in [0.25, 0.3) is 0 Å². The highest BCUT2D eigenvalue weighted by Crippen LogP contribution is 2.22. The third-order valence-corrected chi connectivity index (χ3v) is 2.64. The summed E-state index contributed by atoms with van der Waals surface area (Å²) >= 11 is 3.55. The maximum atomic E-state index is 3.55. The zero-order valence-electron chi connectivity index (χ0n) is 8.60. The van der Waals surface area contributed by atoms with Crippen LogP contribution >= 0.6 is 15.9 Å². The van der Waals surface area contributed by atoms with Crippen molar-refractivity contribution >= 4 is 15.9 Å². The van der Waals surface area contributed by atoms with Crippen LogP contribution in [-0.2, 0) is 6.42 Å². The molecule has 1 rings (SSSR count). The van der Waals surface area contributed by atoms with Crippen LogP contribution in [0.15, 0.2) is 22.7 Å². The Bertz CT molecular complexity index is 276. The van der Waals surface area contributed by atoms with Gasteiger partial charge in [0, 0.05) is 4.47 Å². The van der Waals surface area contributed by atoms with Gasteiger partial charge in [-0.2, -0.15) is 0 Å². The fourth-order valence-corrected chi connectivity index (χ4v) is 2.00. The second kappa shape index (κ2) is 4.80. The Hall–Kier alpha value is -0.300. The van der Waals surface area contributed by atoms with Crippen LogP contribution in [0, 0.1) is 0 Å². The molecule has 1 aromatic rings. The quantitative estimate of drug-likeness (QED) is 0.729. The van der Waals surface area contributed by atoms with Crippen molar-refractivity contribution < 1.29 is 0 Å². The molecule has 0 N–H and O–H groups in total. The standard InChI is InChI=1S/C12H17Br/c1-4-5-10-6-11(9(2)3)8-12(13)7-10/h6-9H,4-5H2,1-3H3. The van der Waals surface area contributed by atoms with Gasteiger partial charge in [0.25, 0.3) is 0 Å². The Morgan fingerprint density at radius 3 is 2.46 bits per heavy atom. The molecule has 0 aliphatic rings. The molecule has 0 spiro atoms. The van der Waals surface area contributed by atoms with Crippen LogP contribution < -0.4 is 0 Å². The van der Waals surface area contributed by atoms with Gasteiger partial charge in [0.1, 0.15) is 0 Å². The van der Waals surface area contributed by atoms with E-state index in [9.17, 15) is 0 Å². The van der Waals surface area contributed by atoms with Crippen molar-refractivity contribution in [2.45, 2.75) is 39.5 Å². The number of benzene rings is 1. The van der Waals surface area contributed by atoms with Gasteiger partial charge >= 0.3 is 0 Å². The molecule has 0 saturated heterocycles. The first-order chi connectivity index (χ1) is 6.13. The lowest BCUT2D eigenvalue weighted by Crippen LogP contribution is -1.91. The molecule has 0 radical (unpaired) electrons. The highest BCUT2D eigenvalue weighted by Gasteiger charge is 2.02. The second-order valence-electron chi connectivity index (χ2n) is 3.80. The third kappa shape index (κ3) is 3.15. The maximum absolute atomic E-state index is 3.55. The van der Waals surface area contributed by atoms with Gasteiger partial charge in [0.05, 0.1) is 0 Å². The number of hydrogen-bond donors (Lipinski definition) is 0. The Kier molecular flexibility index (Phi) is 3.98. The van der Waals surface area contributed by atoms with Crippen LogP contribution in [0.4, 0.5) is 0 Å². The fraction of sp³-hybridized carbons (Fsp3) is 0.500. The summed E-state index contributed by atoms with van der Waals surface area (Å²) in [6.45, 7) is 6.69. The molecule has 0 unspecified atom stereocenters. The maximum Gasteiger partial charge on any atom is 0.0180 e. The average Bonchev–Trinajstić information content (AvgIpc) is 2.03. The summed E-state index contributed by atoms with van der Waals surface area (Å²) in [6.07, 6.45) is 2.40. The minimum absolute atomic E-state index is 0.619. The summed E-state index contributed by atoms with van der Waals surface area (Å²) in [5, 5.41) is 0. The van der Waals surface area contributed by atoms with Gasteiger partial charge in [0.2, 0.25) is 0 Å². The molecular formula is C12H17Br. The molecule has 0 amide bonds. The molecular weight excluding hydrogens is 224 g/mol. The predicted molar refractivity (Wildman–Crippen MR) is 62.2 cm³/mol. The molecule has 0 fully saturated rings. The van der Waals surface area contributed by atoms with Crippen LogP contribution in [0.1, 0.15) is 44.2 Å². The van der Waals surface area contributed by atoms with E-state index in [1.54, 1.807) is 0 Å². The highest BCUT2D eigenvalue weighted by molar-refractivity contribution is 9.10. The molecule has 0 nitrogen and oxygen atoms in total. The van der Waals surface area contributed by atoms with Crippen molar-refractivity contribution in [1.82, 2.24) is 0 Å². The lowest BCUT2D eigenvalue weighted by atomic mass is 9.99. The van der Waals surface area contributed by atoms with Crippen LogP contribution in [-0.4, -0.2) is 0 Å². The SMILES string of the molecule is CCCc1cc(Br)cc(C(C)C)c1. The van der Waals surface area contributed by atoms with Gasteiger partial charge in [0.15, 0.2) is 0 Å². The highest BCUT2D eigenvalue weighted by atomic mass is 79.9. The Morgan fingerprint density at radius 1 is 1.23 bits per heavy atom. The summed E-state index contributed by atoms with van der Waals surface area (Å²) < 4.78 is 1.21. The molecule has 13 heavy (non-hydrogen) atoms. The Morgan fingerprint density at radius 2 is 1.92 bits per heavy atom. The van der Waals surface area contributed by atoms with Crippen molar-refractivity contribution in [1.29, 1.82) is 0 Å². The molecule has 0 aliphatic heterocycles. The molecule has 72 valence electrons.